The van der Waals surface area contributed by atoms with Crippen molar-refractivity contribution in [2.45, 2.75) is 36.3 Å². The minimum Gasteiger partial charge on any atom is -0.495 e. The molecule has 210 valence electrons. The van der Waals surface area contributed by atoms with Crippen molar-refractivity contribution in [2.24, 2.45) is 0 Å². The SMILES string of the molecule is [2H]C([2H])([2H])Oc1cc(S(=O)(=O)C([2H])([2H])[2H])ccc1NCC#Cc1cc2c(N[C@@H]3CCN(C)C[C@@H]3F)cccc2n1CC(F)(F)F. The Hall–Kier alpha value is -3.43. The van der Waals surface area contributed by atoms with Crippen molar-refractivity contribution < 1.29 is 38.9 Å². The van der Waals surface area contributed by atoms with Crippen molar-refractivity contribution in [3.8, 4) is 17.6 Å². The second kappa shape index (κ2) is 11.4. The van der Waals surface area contributed by atoms with Gasteiger partial charge in [0.1, 0.15) is 18.5 Å². The molecule has 1 aliphatic rings. The molecule has 2 aromatic carbocycles. The Morgan fingerprint density at radius 1 is 1.21 bits per heavy atom. The third-order valence-electron chi connectivity index (χ3n) is 6.33. The summed E-state index contributed by atoms with van der Waals surface area (Å²) in [5.74, 6) is 4.86. The summed E-state index contributed by atoms with van der Waals surface area (Å²) < 4.78 is 130. The first-order chi connectivity index (χ1) is 20.7. The minimum absolute atomic E-state index is 0.0108. The van der Waals surface area contributed by atoms with E-state index in [9.17, 15) is 26.0 Å². The zero-order chi connectivity index (χ0) is 33.4. The number of anilines is 2. The Bertz CT molecular complexity index is 1720. The highest BCUT2D eigenvalue weighted by Crippen LogP contribution is 2.32. The fourth-order valence-corrected chi connectivity index (χ4v) is 4.97. The number of sulfone groups is 1. The Labute approximate surface area is 233 Å². The molecular formula is C27H30F4N4O3S. The number of halogens is 4. The molecular weight excluding hydrogens is 536 g/mol. The second-order valence-electron chi connectivity index (χ2n) is 9.21. The molecule has 3 aromatic rings. The topological polar surface area (TPSA) is 75.6 Å². The van der Waals surface area contributed by atoms with E-state index in [-0.39, 0.29) is 30.0 Å². The number of aromatic nitrogens is 1. The number of hydrogen-bond donors (Lipinski definition) is 2. The molecule has 2 heterocycles. The summed E-state index contributed by atoms with van der Waals surface area (Å²) in [5, 5.41) is 6.29. The fraction of sp³-hybridized carbons (Fsp3) is 0.407. The third kappa shape index (κ3) is 6.96. The van der Waals surface area contributed by atoms with Gasteiger partial charge in [-0.25, -0.2) is 12.8 Å². The summed E-state index contributed by atoms with van der Waals surface area (Å²) in [6.45, 7) is -0.707. The van der Waals surface area contributed by atoms with Crippen LogP contribution in [-0.2, 0) is 16.4 Å². The van der Waals surface area contributed by atoms with Gasteiger partial charge in [-0.2, -0.15) is 13.2 Å². The zero-order valence-electron chi connectivity index (χ0n) is 26.8. The lowest BCUT2D eigenvalue weighted by atomic mass is 10.0. The molecule has 0 radical (unpaired) electrons. The smallest absolute Gasteiger partial charge is 0.406 e. The van der Waals surface area contributed by atoms with E-state index in [2.05, 4.69) is 22.5 Å². The summed E-state index contributed by atoms with van der Waals surface area (Å²) >= 11 is 0. The standard InChI is InChI=1S/C27H30F4N4O3S/c1-34-13-11-23(21(28)16-34)33-22-7-4-8-25-20(22)14-18(35(25)17-27(29,30)31)6-5-12-32-24-10-9-19(39(3,36)37)15-26(24)38-2/h4,7-10,14-15,21,23,32-33H,11-13,16-17H2,1-3H3/t21-,23+/m0/s1/i2D3,3D3. The molecule has 0 aliphatic carbocycles. The van der Waals surface area contributed by atoms with Crippen LogP contribution in [0.2, 0.25) is 0 Å². The van der Waals surface area contributed by atoms with Crippen LogP contribution >= 0.6 is 0 Å². The quantitative estimate of drug-likeness (QED) is 0.320. The molecule has 0 amide bonds. The first kappa shape index (κ1) is 21.4. The van der Waals surface area contributed by atoms with Gasteiger partial charge in [-0.15, -0.1) is 0 Å². The van der Waals surface area contributed by atoms with Crippen LogP contribution in [0.25, 0.3) is 10.9 Å². The highest BCUT2D eigenvalue weighted by Gasteiger charge is 2.31. The van der Waals surface area contributed by atoms with Crippen molar-refractivity contribution >= 4 is 32.1 Å². The van der Waals surface area contributed by atoms with Gasteiger partial charge < -0.3 is 24.8 Å². The Balaban J connectivity index is 1.64. The van der Waals surface area contributed by atoms with Crippen LogP contribution in [0.15, 0.2) is 47.4 Å². The van der Waals surface area contributed by atoms with Crippen LogP contribution in [0, 0.1) is 11.8 Å². The molecule has 39 heavy (non-hydrogen) atoms. The van der Waals surface area contributed by atoms with Gasteiger partial charge in [0, 0.05) is 40.5 Å². The molecule has 1 saturated heterocycles. The number of nitrogens with one attached hydrogen (secondary N) is 2. The molecule has 7 nitrogen and oxygen atoms in total. The molecule has 1 fully saturated rings. The molecule has 0 saturated carbocycles. The van der Waals surface area contributed by atoms with Crippen molar-refractivity contribution in [2.75, 3.05) is 50.5 Å². The van der Waals surface area contributed by atoms with Crippen LogP contribution in [0.5, 0.6) is 5.75 Å². The highest BCUT2D eigenvalue weighted by atomic mass is 32.2. The van der Waals surface area contributed by atoms with Gasteiger partial charge in [0.15, 0.2) is 9.84 Å². The number of alkyl halides is 4. The molecule has 0 unspecified atom stereocenters. The number of hydrogen-bond acceptors (Lipinski definition) is 6. The van der Waals surface area contributed by atoms with Gasteiger partial charge in [0.05, 0.1) is 45.5 Å². The summed E-state index contributed by atoms with van der Waals surface area (Å²) in [5.41, 5.74) is 0.658. The lowest BCUT2D eigenvalue weighted by molar-refractivity contribution is -0.140. The monoisotopic (exact) mass is 572 g/mol. The van der Waals surface area contributed by atoms with E-state index in [1.165, 1.54) is 12.1 Å². The summed E-state index contributed by atoms with van der Waals surface area (Å²) in [7, 11) is -6.04. The summed E-state index contributed by atoms with van der Waals surface area (Å²) in [4.78, 5) is 1.16. The van der Waals surface area contributed by atoms with E-state index >= 15 is 0 Å². The minimum atomic E-state index is -4.83. The molecule has 1 aromatic heterocycles. The maximum atomic E-state index is 14.7. The van der Waals surface area contributed by atoms with E-state index in [4.69, 9.17) is 13.0 Å². The Morgan fingerprint density at radius 3 is 2.74 bits per heavy atom. The van der Waals surface area contributed by atoms with Crippen molar-refractivity contribution in [3.63, 3.8) is 0 Å². The molecule has 0 bridgehead atoms. The number of piperidine rings is 1. The van der Waals surface area contributed by atoms with Crippen molar-refractivity contribution in [1.29, 1.82) is 0 Å². The van der Waals surface area contributed by atoms with Crippen LogP contribution in [0.3, 0.4) is 0 Å². The molecule has 2 atom stereocenters. The number of benzene rings is 2. The van der Waals surface area contributed by atoms with Gasteiger partial charge in [-0.05, 0) is 49.7 Å². The van der Waals surface area contributed by atoms with Gasteiger partial charge in [0.2, 0.25) is 0 Å². The van der Waals surface area contributed by atoms with E-state index in [0.717, 1.165) is 22.8 Å². The van der Waals surface area contributed by atoms with E-state index in [1.54, 1.807) is 12.1 Å². The van der Waals surface area contributed by atoms with Gasteiger partial charge >= 0.3 is 6.18 Å². The number of fused-ring (bicyclic) bond motifs is 1. The van der Waals surface area contributed by atoms with E-state index in [1.807, 2.05) is 11.9 Å². The van der Waals surface area contributed by atoms with Crippen LogP contribution < -0.4 is 15.4 Å². The number of rotatable bonds is 7. The summed E-state index contributed by atoms with van der Waals surface area (Å²) in [6, 6.07) is 8.48. The predicted octanol–water partition coefficient (Wildman–Crippen LogP) is 4.53. The molecule has 12 heteroatoms. The molecule has 4 rings (SSSR count). The van der Waals surface area contributed by atoms with E-state index < -0.39 is 58.6 Å². The Morgan fingerprint density at radius 2 is 2.03 bits per heavy atom. The zero-order valence-corrected chi connectivity index (χ0v) is 21.6. The van der Waals surface area contributed by atoms with E-state index in [0.29, 0.717) is 24.0 Å². The number of methoxy groups -OCH3 is 1. The van der Waals surface area contributed by atoms with Crippen LogP contribution in [0.1, 0.15) is 20.3 Å². The average molecular weight is 573 g/mol. The molecule has 0 spiro atoms. The molecule has 2 N–H and O–H groups in total. The Kier molecular flexibility index (Phi) is 6.23. The van der Waals surface area contributed by atoms with Crippen molar-refractivity contribution in [1.82, 2.24) is 9.47 Å². The number of nitrogens with zero attached hydrogens (tertiary/aromatic N) is 2. The van der Waals surface area contributed by atoms with Gasteiger partial charge in [-0.3, -0.25) is 0 Å². The molecule has 1 aliphatic heterocycles. The first-order valence-electron chi connectivity index (χ1n) is 14.8. The number of ether oxygens (including phenoxy) is 1. The maximum absolute atomic E-state index is 14.7. The maximum Gasteiger partial charge on any atom is 0.406 e. The first-order valence-corrected chi connectivity index (χ1v) is 13.3. The fourth-order valence-electron chi connectivity index (χ4n) is 4.46. The highest BCUT2D eigenvalue weighted by molar-refractivity contribution is 7.90. The number of likely N-dealkylation sites (tertiary alicyclic amines) is 1. The predicted molar refractivity (Wildman–Crippen MR) is 144 cm³/mol. The average Bonchev–Trinajstić information content (AvgIpc) is 3.23. The summed E-state index contributed by atoms with van der Waals surface area (Å²) in [6.07, 6.45) is -8.66. The van der Waals surface area contributed by atoms with Gasteiger partial charge in [-0.1, -0.05) is 12.0 Å². The van der Waals surface area contributed by atoms with Crippen LogP contribution in [0.4, 0.5) is 28.9 Å². The normalized spacial score (nSPS) is 21.4. The lowest BCUT2D eigenvalue weighted by Gasteiger charge is -2.33. The van der Waals surface area contributed by atoms with Gasteiger partial charge in [0.25, 0.3) is 0 Å². The second-order valence-corrected chi connectivity index (χ2v) is 10.7. The largest absolute Gasteiger partial charge is 0.495 e. The lowest BCUT2D eigenvalue weighted by Crippen LogP contribution is -2.46. The van der Waals surface area contributed by atoms with Crippen LogP contribution in [-0.4, -0.2) is 76.2 Å². The van der Waals surface area contributed by atoms with Crippen molar-refractivity contribution in [3.05, 3.63) is 48.2 Å². The third-order valence-corrected chi connectivity index (χ3v) is 7.20.